The fourth-order valence-electron chi connectivity index (χ4n) is 5.69. The first-order valence-electron chi connectivity index (χ1n) is 14.6. The highest BCUT2D eigenvalue weighted by Crippen LogP contribution is 2.42. The van der Waals surface area contributed by atoms with Crippen LogP contribution in [-0.4, -0.2) is 122 Å². The second kappa shape index (κ2) is 14.2. The van der Waals surface area contributed by atoms with E-state index in [-0.39, 0.29) is 37.1 Å². The number of carbonyl (C=O) groups excluding carboxylic acids is 2. The lowest BCUT2D eigenvalue weighted by atomic mass is 9.84. The number of carboxylic acid groups (broad SMARTS) is 1. The predicted octanol–water partition coefficient (Wildman–Crippen LogP) is 2.87. The fraction of sp³-hybridized carbons (Fsp3) is 0.700. The van der Waals surface area contributed by atoms with Gasteiger partial charge in [-0.25, -0.2) is 0 Å². The number of quaternary nitrogens is 1. The van der Waals surface area contributed by atoms with Crippen LogP contribution >= 0.6 is 0 Å². The number of benzene rings is 1. The van der Waals surface area contributed by atoms with Crippen molar-refractivity contribution in [1.29, 1.82) is 0 Å². The summed E-state index contributed by atoms with van der Waals surface area (Å²) in [6.45, 7) is 7.27. The lowest BCUT2D eigenvalue weighted by Gasteiger charge is -2.31. The van der Waals surface area contributed by atoms with Crippen molar-refractivity contribution in [3.8, 4) is 11.5 Å². The molecular weight excluding hydrogens is 512 g/mol. The lowest BCUT2D eigenvalue weighted by Crippen LogP contribution is -2.46. The van der Waals surface area contributed by atoms with E-state index in [9.17, 15) is 19.5 Å². The van der Waals surface area contributed by atoms with Crippen molar-refractivity contribution < 1.29 is 33.4 Å². The van der Waals surface area contributed by atoms with Gasteiger partial charge in [-0.2, -0.15) is 0 Å². The normalized spacial score (nSPS) is 20.5. The zero-order valence-corrected chi connectivity index (χ0v) is 25.2. The van der Waals surface area contributed by atoms with Crippen LogP contribution in [0, 0.1) is 5.92 Å². The van der Waals surface area contributed by atoms with Crippen LogP contribution in [0.15, 0.2) is 18.2 Å². The predicted molar refractivity (Wildman–Crippen MR) is 153 cm³/mol. The van der Waals surface area contributed by atoms with Crippen LogP contribution in [0.25, 0.3) is 0 Å². The van der Waals surface area contributed by atoms with E-state index in [2.05, 4.69) is 28.1 Å². The van der Waals surface area contributed by atoms with Crippen molar-refractivity contribution >= 4 is 17.8 Å². The molecule has 2 aliphatic rings. The van der Waals surface area contributed by atoms with Crippen molar-refractivity contribution in [3.63, 3.8) is 0 Å². The molecule has 40 heavy (non-hydrogen) atoms. The summed E-state index contributed by atoms with van der Waals surface area (Å²) in [6, 6.07) is 5.21. The number of ether oxygens (including phenoxy) is 2. The zero-order chi connectivity index (χ0) is 29.4. The summed E-state index contributed by atoms with van der Waals surface area (Å²) < 4.78 is 11.9. The Labute approximate surface area is 239 Å². The smallest absolute Gasteiger partial charge is 0.308 e. The first kappa shape index (κ1) is 31.7. The molecule has 1 aromatic rings. The van der Waals surface area contributed by atoms with Gasteiger partial charge in [0.05, 0.1) is 40.2 Å². The summed E-state index contributed by atoms with van der Waals surface area (Å²) in [5.41, 5.74) is 0.861. The molecule has 3 atom stereocenters. The van der Waals surface area contributed by atoms with Gasteiger partial charge in [-0.1, -0.05) is 19.4 Å². The summed E-state index contributed by atoms with van der Waals surface area (Å²) in [5.74, 6) is -0.696. The van der Waals surface area contributed by atoms with Gasteiger partial charge < -0.3 is 28.9 Å². The Morgan fingerprint density at radius 2 is 1.75 bits per heavy atom. The molecule has 1 fully saturated rings. The summed E-state index contributed by atoms with van der Waals surface area (Å²) >= 11 is 0. The van der Waals surface area contributed by atoms with Crippen molar-refractivity contribution in [1.82, 2.24) is 14.7 Å². The van der Waals surface area contributed by atoms with E-state index in [4.69, 9.17) is 9.47 Å². The summed E-state index contributed by atoms with van der Waals surface area (Å²) in [5, 5.41) is 10.4. The van der Waals surface area contributed by atoms with Crippen LogP contribution in [0.4, 0.5) is 0 Å². The number of unbranched alkanes of at least 4 members (excludes halogenated alkanes) is 2. The minimum Gasteiger partial charge on any atom is -0.481 e. The van der Waals surface area contributed by atoms with Gasteiger partial charge in [-0.15, -0.1) is 0 Å². The number of fused-ring (bicyclic) bond motifs is 1. The third kappa shape index (κ3) is 8.57. The molecule has 3 rings (SSSR count). The molecule has 0 bridgehead atoms. The number of aliphatic carboxylic acids is 1. The molecule has 2 heterocycles. The van der Waals surface area contributed by atoms with Crippen LogP contribution in [0.3, 0.4) is 0 Å². The number of carboxylic acids is 1. The van der Waals surface area contributed by atoms with Gasteiger partial charge in [0.25, 0.3) is 0 Å². The van der Waals surface area contributed by atoms with Gasteiger partial charge in [0, 0.05) is 52.1 Å². The van der Waals surface area contributed by atoms with Gasteiger partial charge in [0.1, 0.15) is 0 Å². The number of hydrogen-bond acceptors (Lipinski definition) is 6. The topological polar surface area (TPSA) is 99.6 Å². The molecule has 10 heteroatoms. The average Bonchev–Trinajstić information content (AvgIpc) is 3.50. The molecule has 1 N–H and O–H groups in total. The Kier molecular flexibility index (Phi) is 11.2. The Morgan fingerprint density at radius 1 is 1.05 bits per heavy atom. The number of amides is 2. The number of carbonyl (C=O) groups is 3. The van der Waals surface area contributed by atoms with Crippen molar-refractivity contribution in [2.45, 2.75) is 57.9 Å². The van der Waals surface area contributed by atoms with Crippen LogP contribution in [0.5, 0.6) is 11.5 Å². The Bertz CT molecular complexity index is 1030. The van der Waals surface area contributed by atoms with Gasteiger partial charge in [-0.3, -0.25) is 19.3 Å². The molecule has 0 saturated carbocycles. The maximum atomic E-state index is 13.7. The Morgan fingerprint density at radius 3 is 2.40 bits per heavy atom. The van der Waals surface area contributed by atoms with E-state index < -0.39 is 11.9 Å². The molecule has 2 amide bonds. The van der Waals surface area contributed by atoms with Crippen molar-refractivity contribution in [3.05, 3.63) is 23.8 Å². The third-order valence-corrected chi connectivity index (χ3v) is 8.14. The summed E-state index contributed by atoms with van der Waals surface area (Å²) in [6.07, 6.45) is 4.39. The zero-order valence-electron chi connectivity index (χ0n) is 25.2. The van der Waals surface area contributed by atoms with Crippen LogP contribution < -0.4 is 9.47 Å². The van der Waals surface area contributed by atoms with Gasteiger partial charge in [-0.05, 0) is 43.4 Å². The standard InChI is InChI=1S/C30H48N4O6/c1-7-8-14-32(15-9-10-17-34(4,5)6)28(36)20-33-19-24(23-11-12-26-27(18-23)40-21-39-26)29(30(37)38)25(33)13-16-31(3)22(2)35/h11-12,18,24-25,29H,7-10,13-17,19-21H2,1-6H3/p+1/t24-,25+,29?/m1/s1. The van der Waals surface area contributed by atoms with E-state index in [0.717, 1.165) is 42.3 Å². The van der Waals surface area contributed by atoms with Crippen LogP contribution in [0.1, 0.15) is 57.4 Å². The molecular formula is C30H49N4O6+. The van der Waals surface area contributed by atoms with E-state index in [1.165, 1.54) is 6.92 Å². The van der Waals surface area contributed by atoms with E-state index in [1.54, 1.807) is 11.9 Å². The largest absolute Gasteiger partial charge is 0.481 e. The molecule has 10 nitrogen and oxygen atoms in total. The number of hydrogen-bond donors (Lipinski definition) is 1. The monoisotopic (exact) mass is 561 g/mol. The van der Waals surface area contributed by atoms with E-state index >= 15 is 0 Å². The minimum atomic E-state index is -0.892. The molecule has 0 aromatic heterocycles. The highest BCUT2D eigenvalue weighted by molar-refractivity contribution is 5.79. The first-order chi connectivity index (χ1) is 18.9. The average molecular weight is 562 g/mol. The molecule has 1 saturated heterocycles. The number of likely N-dealkylation sites (tertiary alicyclic amines) is 1. The molecule has 224 valence electrons. The SMILES string of the molecule is CCCCN(CCCC[N+](C)(C)C)C(=O)CN1C[C@H](c2ccc3c(c2)OCO3)C(C(=O)O)[C@@H]1CCN(C)C(C)=O. The van der Waals surface area contributed by atoms with Gasteiger partial charge in [0.15, 0.2) is 11.5 Å². The van der Waals surface area contributed by atoms with E-state index in [1.807, 2.05) is 28.0 Å². The lowest BCUT2D eigenvalue weighted by molar-refractivity contribution is -0.870. The van der Waals surface area contributed by atoms with Crippen molar-refractivity contribution in [2.24, 2.45) is 5.92 Å². The third-order valence-electron chi connectivity index (χ3n) is 8.14. The quantitative estimate of drug-likeness (QED) is 0.260. The second-order valence-electron chi connectivity index (χ2n) is 12.3. The molecule has 2 aliphatic heterocycles. The highest BCUT2D eigenvalue weighted by Gasteiger charge is 2.47. The molecule has 1 unspecified atom stereocenters. The number of nitrogens with zero attached hydrogens (tertiary/aromatic N) is 4. The first-order valence-corrected chi connectivity index (χ1v) is 14.6. The minimum absolute atomic E-state index is 0.0408. The Hall–Kier alpha value is -2.85. The summed E-state index contributed by atoms with van der Waals surface area (Å²) in [4.78, 5) is 43.9. The molecule has 0 spiro atoms. The maximum absolute atomic E-state index is 13.7. The maximum Gasteiger partial charge on any atom is 0.308 e. The summed E-state index contributed by atoms with van der Waals surface area (Å²) in [7, 11) is 8.24. The van der Waals surface area contributed by atoms with Crippen molar-refractivity contribution in [2.75, 3.05) is 74.3 Å². The molecule has 1 aromatic carbocycles. The van der Waals surface area contributed by atoms with Crippen LogP contribution in [0.2, 0.25) is 0 Å². The molecule has 0 aliphatic carbocycles. The van der Waals surface area contributed by atoms with Gasteiger partial charge in [0.2, 0.25) is 18.6 Å². The fourth-order valence-corrected chi connectivity index (χ4v) is 5.69. The number of rotatable bonds is 15. The Balaban J connectivity index is 1.81. The van der Waals surface area contributed by atoms with Crippen LogP contribution in [-0.2, 0) is 14.4 Å². The molecule has 0 radical (unpaired) electrons. The highest BCUT2D eigenvalue weighted by atomic mass is 16.7. The van der Waals surface area contributed by atoms with Gasteiger partial charge >= 0.3 is 5.97 Å². The second-order valence-corrected chi connectivity index (χ2v) is 12.3. The van der Waals surface area contributed by atoms with E-state index in [0.29, 0.717) is 44.1 Å².